The number of hydrogen-bond acceptors (Lipinski definition) is 5. The standard InChI is InChI=1S/C17H24N4O3/c1-11(8-13(22)14-6-5-7-24-14)20-16(23)21-12-9-18-15(19-10-12)17(2,3)4/h5-7,9-11,13,22H,8H2,1-4H3,(H2,20,21,23)/t11-,13-/m0/s1. The highest BCUT2D eigenvalue weighted by molar-refractivity contribution is 5.89. The van der Waals surface area contributed by atoms with Gasteiger partial charge < -0.3 is 20.2 Å². The fourth-order valence-corrected chi connectivity index (χ4v) is 2.16. The minimum atomic E-state index is -0.760. The number of anilines is 1. The van der Waals surface area contributed by atoms with Gasteiger partial charge in [0.05, 0.1) is 24.3 Å². The number of aliphatic hydroxyl groups excluding tert-OH is 1. The van der Waals surface area contributed by atoms with Crippen LogP contribution in [0.2, 0.25) is 0 Å². The molecule has 0 aliphatic carbocycles. The van der Waals surface area contributed by atoms with Gasteiger partial charge in [0.1, 0.15) is 17.7 Å². The Morgan fingerprint density at radius 3 is 2.54 bits per heavy atom. The lowest BCUT2D eigenvalue weighted by molar-refractivity contribution is 0.130. The van der Waals surface area contributed by atoms with Crippen LogP contribution in [0.5, 0.6) is 0 Å². The second kappa shape index (κ2) is 7.44. The molecule has 2 atom stereocenters. The largest absolute Gasteiger partial charge is 0.467 e. The summed E-state index contributed by atoms with van der Waals surface area (Å²) in [5.41, 5.74) is 0.372. The van der Waals surface area contributed by atoms with Gasteiger partial charge in [-0.3, -0.25) is 0 Å². The van der Waals surface area contributed by atoms with Crippen LogP contribution >= 0.6 is 0 Å². The molecule has 0 fully saturated rings. The molecule has 2 amide bonds. The Morgan fingerprint density at radius 2 is 2.00 bits per heavy atom. The van der Waals surface area contributed by atoms with Crippen LogP contribution in [0.15, 0.2) is 35.2 Å². The first-order chi connectivity index (χ1) is 11.3. The molecule has 7 nitrogen and oxygen atoms in total. The van der Waals surface area contributed by atoms with Crippen LogP contribution in [0.3, 0.4) is 0 Å². The van der Waals surface area contributed by atoms with E-state index >= 15 is 0 Å². The SMILES string of the molecule is C[C@@H](C[C@H](O)c1ccco1)NC(=O)Nc1cnc(C(C)(C)C)nc1. The maximum absolute atomic E-state index is 12.0. The molecule has 0 spiro atoms. The van der Waals surface area contributed by atoms with Gasteiger partial charge in [0.2, 0.25) is 0 Å². The van der Waals surface area contributed by atoms with Gasteiger partial charge in [-0.2, -0.15) is 0 Å². The molecule has 2 heterocycles. The molecule has 2 rings (SSSR count). The number of carbonyl (C=O) groups excluding carboxylic acids is 1. The number of amides is 2. The Bertz CT molecular complexity index is 647. The molecular weight excluding hydrogens is 308 g/mol. The van der Waals surface area contributed by atoms with Gasteiger partial charge in [-0.05, 0) is 19.1 Å². The van der Waals surface area contributed by atoms with Crippen molar-refractivity contribution in [2.24, 2.45) is 0 Å². The maximum atomic E-state index is 12.0. The van der Waals surface area contributed by atoms with E-state index in [2.05, 4.69) is 20.6 Å². The van der Waals surface area contributed by atoms with Crippen molar-refractivity contribution in [3.63, 3.8) is 0 Å². The Balaban J connectivity index is 1.84. The number of nitrogens with zero attached hydrogens (tertiary/aromatic N) is 2. The van der Waals surface area contributed by atoms with Crippen molar-refractivity contribution in [1.29, 1.82) is 0 Å². The summed E-state index contributed by atoms with van der Waals surface area (Å²) in [7, 11) is 0. The zero-order valence-electron chi connectivity index (χ0n) is 14.4. The van der Waals surface area contributed by atoms with Gasteiger partial charge in [-0.1, -0.05) is 20.8 Å². The van der Waals surface area contributed by atoms with Crippen LogP contribution in [-0.2, 0) is 5.41 Å². The Morgan fingerprint density at radius 1 is 1.33 bits per heavy atom. The topological polar surface area (TPSA) is 100 Å². The number of furan rings is 1. The summed E-state index contributed by atoms with van der Waals surface area (Å²) in [6, 6.07) is 2.80. The second-order valence-electron chi connectivity index (χ2n) is 6.81. The van der Waals surface area contributed by atoms with Gasteiger partial charge in [0.15, 0.2) is 0 Å². The molecule has 130 valence electrons. The van der Waals surface area contributed by atoms with Crippen LogP contribution in [-0.4, -0.2) is 27.1 Å². The molecule has 0 aromatic carbocycles. The summed E-state index contributed by atoms with van der Waals surface area (Å²) in [5, 5.41) is 15.4. The predicted octanol–water partition coefficient (Wildman–Crippen LogP) is 3.00. The minimum Gasteiger partial charge on any atom is -0.467 e. The Hall–Kier alpha value is -2.41. The molecular formula is C17H24N4O3. The van der Waals surface area contributed by atoms with Crippen molar-refractivity contribution in [3.05, 3.63) is 42.4 Å². The quantitative estimate of drug-likeness (QED) is 0.781. The van der Waals surface area contributed by atoms with E-state index in [4.69, 9.17) is 4.42 Å². The molecule has 0 unspecified atom stereocenters. The summed E-state index contributed by atoms with van der Waals surface area (Å²) in [6.07, 6.45) is 4.25. The van der Waals surface area contributed by atoms with Crippen molar-refractivity contribution in [2.45, 2.75) is 51.7 Å². The first-order valence-corrected chi connectivity index (χ1v) is 7.87. The monoisotopic (exact) mass is 332 g/mol. The number of carbonyl (C=O) groups is 1. The van der Waals surface area contributed by atoms with Crippen molar-refractivity contribution >= 4 is 11.7 Å². The van der Waals surface area contributed by atoms with E-state index in [-0.39, 0.29) is 17.5 Å². The predicted molar refractivity (Wildman–Crippen MR) is 90.6 cm³/mol. The zero-order chi connectivity index (χ0) is 17.7. The van der Waals surface area contributed by atoms with Crippen molar-refractivity contribution in [3.8, 4) is 0 Å². The molecule has 0 bridgehead atoms. The van der Waals surface area contributed by atoms with Crippen LogP contribution in [0.4, 0.5) is 10.5 Å². The molecule has 2 aromatic rings. The van der Waals surface area contributed by atoms with Gasteiger partial charge in [0.25, 0.3) is 0 Å². The van der Waals surface area contributed by atoms with E-state index in [1.165, 1.54) is 6.26 Å². The van der Waals surface area contributed by atoms with Crippen LogP contribution in [0.25, 0.3) is 0 Å². The Kier molecular flexibility index (Phi) is 5.56. The van der Waals surface area contributed by atoms with Crippen LogP contribution in [0, 0.1) is 0 Å². The molecule has 0 aliphatic rings. The highest BCUT2D eigenvalue weighted by atomic mass is 16.4. The molecule has 0 saturated carbocycles. The third-order valence-electron chi connectivity index (χ3n) is 3.41. The van der Waals surface area contributed by atoms with E-state index in [1.807, 2.05) is 27.7 Å². The lowest BCUT2D eigenvalue weighted by Gasteiger charge is -2.18. The van der Waals surface area contributed by atoms with E-state index in [0.29, 0.717) is 23.7 Å². The van der Waals surface area contributed by atoms with Crippen molar-refractivity contribution < 1.29 is 14.3 Å². The lowest BCUT2D eigenvalue weighted by atomic mass is 9.96. The molecule has 0 saturated heterocycles. The minimum absolute atomic E-state index is 0.142. The average molecular weight is 332 g/mol. The number of urea groups is 1. The fourth-order valence-electron chi connectivity index (χ4n) is 2.16. The summed E-state index contributed by atoms with van der Waals surface area (Å²) >= 11 is 0. The maximum Gasteiger partial charge on any atom is 0.319 e. The summed E-state index contributed by atoms with van der Waals surface area (Å²) in [4.78, 5) is 20.5. The third kappa shape index (κ3) is 5.06. The zero-order valence-corrected chi connectivity index (χ0v) is 14.4. The van der Waals surface area contributed by atoms with Gasteiger partial charge >= 0.3 is 6.03 Å². The van der Waals surface area contributed by atoms with E-state index in [1.54, 1.807) is 24.5 Å². The van der Waals surface area contributed by atoms with Crippen molar-refractivity contribution in [1.82, 2.24) is 15.3 Å². The van der Waals surface area contributed by atoms with E-state index < -0.39 is 6.10 Å². The van der Waals surface area contributed by atoms with Gasteiger partial charge in [0, 0.05) is 17.9 Å². The van der Waals surface area contributed by atoms with Gasteiger partial charge in [-0.15, -0.1) is 0 Å². The van der Waals surface area contributed by atoms with Crippen LogP contribution < -0.4 is 10.6 Å². The first-order valence-electron chi connectivity index (χ1n) is 7.87. The fraction of sp³-hybridized carbons (Fsp3) is 0.471. The molecule has 7 heteroatoms. The Labute approximate surface area is 141 Å². The van der Waals surface area contributed by atoms with Crippen molar-refractivity contribution in [2.75, 3.05) is 5.32 Å². The molecule has 24 heavy (non-hydrogen) atoms. The highest BCUT2D eigenvalue weighted by Gasteiger charge is 2.18. The summed E-state index contributed by atoms with van der Waals surface area (Å²) in [5.74, 6) is 1.19. The van der Waals surface area contributed by atoms with Crippen LogP contribution in [0.1, 0.15) is 51.8 Å². The molecule has 0 radical (unpaired) electrons. The molecule has 3 N–H and O–H groups in total. The second-order valence-corrected chi connectivity index (χ2v) is 6.81. The number of aliphatic hydroxyl groups is 1. The van der Waals surface area contributed by atoms with E-state index in [9.17, 15) is 9.90 Å². The lowest BCUT2D eigenvalue weighted by Crippen LogP contribution is -2.37. The normalized spacial score (nSPS) is 14.0. The number of hydrogen-bond donors (Lipinski definition) is 3. The first kappa shape index (κ1) is 17.9. The number of aromatic nitrogens is 2. The average Bonchev–Trinajstić information content (AvgIpc) is 3.00. The number of nitrogens with one attached hydrogen (secondary N) is 2. The molecule has 0 aliphatic heterocycles. The summed E-state index contributed by atoms with van der Waals surface area (Å²) in [6.45, 7) is 7.88. The number of rotatable bonds is 5. The smallest absolute Gasteiger partial charge is 0.319 e. The third-order valence-corrected chi connectivity index (χ3v) is 3.41. The summed E-state index contributed by atoms with van der Waals surface area (Å²) < 4.78 is 5.14. The van der Waals surface area contributed by atoms with Gasteiger partial charge in [-0.25, -0.2) is 14.8 Å². The highest BCUT2D eigenvalue weighted by Crippen LogP contribution is 2.19. The molecule has 2 aromatic heterocycles. The van der Waals surface area contributed by atoms with E-state index in [0.717, 1.165) is 0 Å².